The van der Waals surface area contributed by atoms with Crippen LogP contribution in [-0.4, -0.2) is 69.6 Å². The van der Waals surface area contributed by atoms with E-state index in [2.05, 4.69) is 10.6 Å². The van der Waals surface area contributed by atoms with Crippen LogP contribution in [0.25, 0.3) is 0 Å². The van der Waals surface area contributed by atoms with Crippen LogP contribution in [0.15, 0.2) is 47.4 Å². The van der Waals surface area contributed by atoms with E-state index >= 15 is 0 Å². The second-order valence-electron chi connectivity index (χ2n) is 9.74. The van der Waals surface area contributed by atoms with Crippen molar-refractivity contribution in [2.24, 2.45) is 5.92 Å². The molecular weight excluding hydrogens is 522 g/mol. The zero-order valence-electron chi connectivity index (χ0n) is 23.4. The second-order valence-corrected chi connectivity index (χ2v) is 11.6. The number of benzene rings is 2. The summed E-state index contributed by atoms with van der Waals surface area (Å²) < 4.78 is 38.5. The molecule has 2 aromatic carbocycles. The molecule has 3 N–H and O–H groups in total. The minimum atomic E-state index is -4.00. The van der Waals surface area contributed by atoms with E-state index in [-0.39, 0.29) is 36.2 Å². The lowest BCUT2D eigenvalue weighted by Gasteiger charge is -2.29. The van der Waals surface area contributed by atoms with E-state index in [0.717, 1.165) is 15.4 Å². The summed E-state index contributed by atoms with van der Waals surface area (Å²) in [5.74, 6) is -0.227. The minimum absolute atomic E-state index is 0.0594. The van der Waals surface area contributed by atoms with E-state index in [1.165, 1.54) is 12.1 Å². The molecule has 0 saturated heterocycles. The predicted octanol–water partition coefficient (Wildman–Crippen LogP) is 3.19. The topological polar surface area (TPSA) is 134 Å². The predicted molar refractivity (Wildman–Crippen MR) is 149 cm³/mol. The summed E-state index contributed by atoms with van der Waals surface area (Å²) in [7, 11) is -0.878. The van der Waals surface area contributed by atoms with Gasteiger partial charge in [0.2, 0.25) is 15.9 Å². The van der Waals surface area contributed by atoms with Crippen molar-refractivity contribution in [2.75, 3.05) is 33.9 Å². The number of aliphatic carboxylic acids is 1. The first-order valence-corrected chi connectivity index (χ1v) is 14.4. The Hall–Kier alpha value is -3.15. The van der Waals surface area contributed by atoms with Gasteiger partial charge in [0.15, 0.2) is 11.5 Å². The van der Waals surface area contributed by atoms with E-state index in [0.29, 0.717) is 37.4 Å². The van der Waals surface area contributed by atoms with Crippen molar-refractivity contribution in [3.05, 3.63) is 53.6 Å². The number of carboxylic acids is 1. The molecule has 11 heteroatoms. The average molecular weight is 564 g/mol. The number of unbranched alkanes of at least 4 members (excludes halogenated alkanes) is 1. The van der Waals surface area contributed by atoms with E-state index in [4.69, 9.17) is 9.47 Å². The number of hydrogen-bond donors (Lipinski definition) is 3. The molecule has 10 nitrogen and oxygen atoms in total. The maximum Gasteiger partial charge on any atom is 0.322 e. The summed E-state index contributed by atoms with van der Waals surface area (Å²) in [5, 5.41) is 15.8. The number of carboxylic acid groups (broad SMARTS) is 1. The van der Waals surface area contributed by atoms with Crippen LogP contribution in [0.2, 0.25) is 0 Å². The van der Waals surface area contributed by atoms with Crippen LogP contribution in [0.3, 0.4) is 0 Å². The Morgan fingerprint density at radius 1 is 1.03 bits per heavy atom. The second kappa shape index (κ2) is 15.4. The molecule has 216 valence electrons. The number of hydrogen-bond acceptors (Lipinski definition) is 7. The number of carbonyl (C=O) groups excluding carboxylic acids is 1. The number of nitrogens with one attached hydrogen (secondary N) is 2. The monoisotopic (exact) mass is 563 g/mol. The van der Waals surface area contributed by atoms with Crippen molar-refractivity contribution in [3.63, 3.8) is 0 Å². The van der Waals surface area contributed by atoms with Crippen LogP contribution < -0.4 is 20.1 Å². The number of rotatable bonds is 17. The van der Waals surface area contributed by atoms with Gasteiger partial charge < -0.3 is 25.2 Å². The molecule has 0 spiro atoms. The standard InChI is InChI=1S/C28H41N3O7S/c1-20(2)19-31(39(35,36)23-14-12-21(3)13-15-23)24(28(33)34)10-6-7-16-30-26(32)18-29-17-22-9-8-11-25(37-4)27(22)38-5/h8-9,11-15,20,24,29H,6-7,10,16-19H2,1-5H3,(H,30,32)(H,33,34)/t24-/m0/s1. The first-order valence-electron chi connectivity index (χ1n) is 13.0. The molecule has 1 atom stereocenters. The molecule has 0 aliphatic carbocycles. The summed E-state index contributed by atoms with van der Waals surface area (Å²) in [6, 6.07) is 10.7. The molecule has 0 fully saturated rings. The number of amides is 1. The third-order valence-electron chi connectivity index (χ3n) is 6.12. The number of methoxy groups -OCH3 is 2. The zero-order chi connectivity index (χ0) is 29.0. The largest absolute Gasteiger partial charge is 0.493 e. The van der Waals surface area contributed by atoms with E-state index in [1.54, 1.807) is 32.4 Å². The number of nitrogens with zero attached hydrogens (tertiary/aromatic N) is 1. The molecular formula is C28H41N3O7S. The number of sulfonamides is 1. The molecule has 0 aromatic heterocycles. The fraction of sp³-hybridized carbons (Fsp3) is 0.500. The molecule has 2 aromatic rings. The quantitative estimate of drug-likeness (QED) is 0.250. The average Bonchev–Trinajstić information content (AvgIpc) is 2.89. The third-order valence-corrected chi connectivity index (χ3v) is 8.01. The third kappa shape index (κ3) is 9.52. The lowest BCUT2D eigenvalue weighted by atomic mass is 10.1. The Morgan fingerprint density at radius 2 is 1.72 bits per heavy atom. The Balaban J connectivity index is 1.88. The molecule has 0 radical (unpaired) electrons. The normalized spacial score (nSPS) is 12.4. The maximum absolute atomic E-state index is 13.4. The Bertz CT molecular complexity index is 1180. The molecule has 1 amide bonds. The molecule has 0 bridgehead atoms. The van der Waals surface area contributed by atoms with Crippen molar-refractivity contribution in [1.82, 2.24) is 14.9 Å². The Morgan fingerprint density at radius 3 is 2.31 bits per heavy atom. The van der Waals surface area contributed by atoms with Gasteiger partial charge in [-0.3, -0.25) is 9.59 Å². The van der Waals surface area contributed by atoms with Crippen molar-refractivity contribution >= 4 is 21.9 Å². The smallest absolute Gasteiger partial charge is 0.322 e. The summed E-state index contributed by atoms with van der Waals surface area (Å²) >= 11 is 0. The molecule has 39 heavy (non-hydrogen) atoms. The van der Waals surface area contributed by atoms with Crippen molar-refractivity contribution < 1.29 is 32.6 Å². The highest BCUT2D eigenvalue weighted by molar-refractivity contribution is 7.89. The van der Waals surface area contributed by atoms with Crippen LogP contribution in [0.4, 0.5) is 0 Å². The molecule has 0 unspecified atom stereocenters. The molecule has 2 rings (SSSR count). The molecule has 0 aliphatic rings. The Labute approximate surface area is 231 Å². The van der Waals surface area contributed by atoms with Gasteiger partial charge in [0.05, 0.1) is 25.7 Å². The number of aryl methyl sites for hydroxylation is 1. The first-order chi connectivity index (χ1) is 18.5. The SMILES string of the molecule is COc1cccc(CNCC(=O)NCCCC[C@@H](C(=O)O)N(CC(C)C)S(=O)(=O)c2ccc(C)cc2)c1OC. The summed E-state index contributed by atoms with van der Waals surface area (Å²) in [5.41, 5.74) is 1.77. The minimum Gasteiger partial charge on any atom is -0.493 e. The van der Waals surface area contributed by atoms with Gasteiger partial charge in [-0.1, -0.05) is 43.7 Å². The van der Waals surface area contributed by atoms with Crippen molar-refractivity contribution in [2.45, 2.75) is 57.5 Å². The summed E-state index contributed by atoms with van der Waals surface area (Å²) in [6.45, 7) is 6.51. The summed E-state index contributed by atoms with van der Waals surface area (Å²) in [4.78, 5) is 24.5. The van der Waals surface area contributed by atoms with Gasteiger partial charge in [0.25, 0.3) is 0 Å². The van der Waals surface area contributed by atoms with Gasteiger partial charge in [0, 0.05) is 25.2 Å². The highest BCUT2D eigenvalue weighted by atomic mass is 32.2. The number of ether oxygens (including phenoxy) is 2. The fourth-order valence-corrected chi connectivity index (χ4v) is 5.92. The van der Waals surface area contributed by atoms with Gasteiger partial charge in [-0.2, -0.15) is 4.31 Å². The van der Waals surface area contributed by atoms with Crippen LogP contribution in [0.5, 0.6) is 11.5 Å². The van der Waals surface area contributed by atoms with Gasteiger partial charge in [-0.05, 0) is 50.3 Å². The fourth-order valence-electron chi connectivity index (χ4n) is 4.15. The first kappa shape index (κ1) is 32.1. The molecule has 0 aliphatic heterocycles. The molecule has 0 heterocycles. The van der Waals surface area contributed by atoms with Crippen LogP contribution >= 0.6 is 0 Å². The van der Waals surface area contributed by atoms with Crippen LogP contribution in [0.1, 0.15) is 44.2 Å². The van der Waals surface area contributed by atoms with Gasteiger partial charge in [-0.15, -0.1) is 0 Å². The van der Waals surface area contributed by atoms with Crippen LogP contribution in [-0.2, 0) is 26.2 Å². The van der Waals surface area contributed by atoms with E-state index in [9.17, 15) is 23.1 Å². The Kier molecular flexibility index (Phi) is 12.7. The number of carbonyl (C=O) groups is 2. The highest BCUT2D eigenvalue weighted by Crippen LogP contribution is 2.30. The summed E-state index contributed by atoms with van der Waals surface area (Å²) in [6.07, 6.45) is 1.08. The van der Waals surface area contributed by atoms with E-state index < -0.39 is 22.0 Å². The lowest BCUT2D eigenvalue weighted by Crippen LogP contribution is -2.46. The van der Waals surface area contributed by atoms with Crippen molar-refractivity contribution in [3.8, 4) is 11.5 Å². The van der Waals surface area contributed by atoms with E-state index in [1.807, 2.05) is 32.9 Å². The van der Waals surface area contributed by atoms with Gasteiger partial charge in [0.1, 0.15) is 6.04 Å². The highest BCUT2D eigenvalue weighted by Gasteiger charge is 2.35. The number of para-hydroxylation sites is 1. The molecule has 0 saturated carbocycles. The van der Waals surface area contributed by atoms with Crippen LogP contribution in [0, 0.1) is 12.8 Å². The van der Waals surface area contributed by atoms with Gasteiger partial charge in [-0.25, -0.2) is 8.42 Å². The lowest BCUT2D eigenvalue weighted by molar-refractivity contribution is -0.142. The van der Waals surface area contributed by atoms with Gasteiger partial charge >= 0.3 is 5.97 Å². The maximum atomic E-state index is 13.4. The van der Waals surface area contributed by atoms with Crippen molar-refractivity contribution in [1.29, 1.82) is 0 Å². The zero-order valence-corrected chi connectivity index (χ0v) is 24.2.